The minimum absolute atomic E-state index is 0.454. The van der Waals surface area contributed by atoms with Crippen molar-refractivity contribution in [3.05, 3.63) is 23.9 Å². The molecule has 2 heteroatoms. The smallest absolute Gasteiger partial charge is 0.0734 e. The molecule has 2 rings (SSSR count). The van der Waals surface area contributed by atoms with E-state index >= 15 is 0 Å². The second-order valence-corrected chi connectivity index (χ2v) is 2.40. The molecule has 1 aliphatic heterocycles. The molecule has 1 N–H and O–H groups in total. The van der Waals surface area contributed by atoms with Crippen molar-refractivity contribution in [2.24, 2.45) is 0 Å². The molecule has 47 valence electrons. The Labute approximate surface area is 54.6 Å². The maximum atomic E-state index is 4.16. The molecule has 0 saturated heterocycles. The summed E-state index contributed by atoms with van der Waals surface area (Å²) >= 11 is 0. The van der Waals surface area contributed by atoms with Crippen LogP contribution < -0.4 is 10.9 Å². The molecule has 1 atom stereocenters. The number of allylic oxidation sites excluding steroid dienone is 1. The molecule has 2 aliphatic rings. The Morgan fingerprint density at radius 1 is 1.56 bits per heavy atom. The van der Waals surface area contributed by atoms with Gasteiger partial charge >= 0.3 is 0 Å². The van der Waals surface area contributed by atoms with Gasteiger partial charge in [-0.2, -0.15) is 0 Å². The highest BCUT2D eigenvalue weighted by Crippen LogP contribution is 2.20. The summed E-state index contributed by atoms with van der Waals surface area (Å²) in [6.07, 6.45) is 8.57. The summed E-state index contributed by atoms with van der Waals surface area (Å²) in [7, 11) is 0. The molecule has 9 heavy (non-hydrogen) atoms. The monoisotopic (exact) mass is 121 g/mol. The van der Waals surface area contributed by atoms with Gasteiger partial charge in [-0.05, 0) is 18.4 Å². The Morgan fingerprint density at radius 2 is 2.56 bits per heavy atom. The molecule has 0 amide bonds. The van der Waals surface area contributed by atoms with Crippen molar-refractivity contribution < 1.29 is 0 Å². The van der Waals surface area contributed by atoms with E-state index in [1.54, 1.807) is 0 Å². The lowest BCUT2D eigenvalue weighted by Gasteiger charge is -2.12. The van der Waals surface area contributed by atoms with Gasteiger partial charge in [0.15, 0.2) is 0 Å². The first-order valence-electron chi connectivity index (χ1n) is 3.26. The van der Waals surface area contributed by atoms with Gasteiger partial charge in [0, 0.05) is 6.20 Å². The van der Waals surface area contributed by atoms with Crippen LogP contribution in [0.15, 0.2) is 23.9 Å². The first kappa shape index (κ1) is 5.06. The number of rotatable bonds is 0. The molecule has 0 saturated carbocycles. The maximum Gasteiger partial charge on any atom is 0.0734 e. The average molecular weight is 121 g/mol. The Balaban J connectivity index is 2.20. The molecule has 1 aliphatic carbocycles. The number of nitrogens with one attached hydrogen (secondary N) is 1. The van der Waals surface area contributed by atoms with Crippen LogP contribution in [-0.4, -0.2) is 6.04 Å². The highest BCUT2D eigenvalue weighted by Gasteiger charge is 2.19. The van der Waals surface area contributed by atoms with Crippen LogP contribution in [-0.2, 0) is 0 Å². The van der Waals surface area contributed by atoms with E-state index in [-0.39, 0.29) is 0 Å². The van der Waals surface area contributed by atoms with Crippen molar-refractivity contribution in [3.8, 4) is 0 Å². The van der Waals surface area contributed by atoms with E-state index in [9.17, 15) is 0 Å². The normalized spacial score (nSPS) is 31.1. The van der Waals surface area contributed by atoms with E-state index in [1.807, 2.05) is 6.20 Å². The molecule has 0 fully saturated rings. The zero-order valence-corrected chi connectivity index (χ0v) is 5.17. The Bertz CT molecular complexity index is 170. The van der Waals surface area contributed by atoms with Gasteiger partial charge in [0.25, 0.3) is 0 Å². The van der Waals surface area contributed by atoms with E-state index in [2.05, 4.69) is 23.0 Å². The van der Waals surface area contributed by atoms with Crippen LogP contribution in [0.1, 0.15) is 12.8 Å². The van der Waals surface area contributed by atoms with Gasteiger partial charge in [0.1, 0.15) is 0 Å². The van der Waals surface area contributed by atoms with Gasteiger partial charge in [0.2, 0.25) is 0 Å². The van der Waals surface area contributed by atoms with Crippen molar-refractivity contribution in [1.82, 2.24) is 10.9 Å². The first-order chi connectivity index (χ1) is 4.47. The summed E-state index contributed by atoms with van der Waals surface area (Å²) in [6.45, 7) is 0. The molecule has 2 nitrogen and oxygen atoms in total. The lowest BCUT2D eigenvalue weighted by Crippen LogP contribution is -2.24. The van der Waals surface area contributed by atoms with Gasteiger partial charge in [-0.3, -0.25) is 0 Å². The Hall–Kier alpha value is -0.760. The van der Waals surface area contributed by atoms with Gasteiger partial charge in [0.05, 0.1) is 6.04 Å². The molecular formula is C7H9N2. The van der Waals surface area contributed by atoms with Crippen molar-refractivity contribution in [2.45, 2.75) is 18.9 Å². The van der Waals surface area contributed by atoms with Gasteiger partial charge in [-0.25, -0.2) is 0 Å². The highest BCUT2D eigenvalue weighted by atomic mass is 15.4. The predicted molar refractivity (Wildman–Crippen MR) is 35.5 cm³/mol. The number of nitrogens with zero attached hydrogens (tertiary/aromatic N) is 1. The third-order valence-electron chi connectivity index (χ3n) is 1.79. The standard InChI is InChI=1S/C7H9N2/c1-2-4-7-6(3-1)5-8-9-7/h1-2,5,7-8H,3-4H2. The fraction of sp³-hybridized carbons (Fsp3) is 0.429. The van der Waals surface area contributed by atoms with Crippen LogP contribution in [0.25, 0.3) is 0 Å². The summed E-state index contributed by atoms with van der Waals surface area (Å²) in [5.41, 5.74) is 8.48. The molecule has 1 radical (unpaired) electrons. The van der Waals surface area contributed by atoms with Crippen molar-refractivity contribution in [1.29, 1.82) is 0 Å². The lowest BCUT2D eigenvalue weighted by atomic mass is 9.98. The van der Waals surface area contributed by atoms with Gasteiger partial charge < -0.3 is 5.43 Å². The second-order valence-electron chi connectivity index (χ2n) is 2.40. The maximum absolute atomic E-state index is 4.16. The van der Waals surface area contributed by atoms with Crippen LogP contribution in [0.3, 0.4) is 0 Å². The number of hydrogen-bond acceptors (Lipinski definition) is 1. The van der Waals surface area contributed by atoms with E-state index in [0.29, 0.717) is 6.04 Å². The van der Waals surface area contributed by atoms with E-state index < -0.39 is 0 Å². The van der Waals surface area contributed by atoms with Crippen LogP contribution in [0.5, 0.6) is 0 Å². The summed E-state index contributed by atoms with van der Waals surface area (Å²) in [6, 6.07) is 0.454. The van der Waals surface area contributed by atoms with Gasteiger partial charge in [-0.1, -0.05) is 12.2 Å². The van der Waals surface area contributed by atoms with Crippen LogP contribution in [0.4, 0.5) is 0 Å². The lowest BCUT2D eigenvalue weighted by molar-refractivity contribution is 0.551. The minimum Gasteiger partial charge on any atom is -0.311 e. The summed E-state index contributed by atoms with van der Waals surface area (Å²) in [4.78, 5) is 0. The third kappa shape index (κ3) is 0.754. The van der Waals surface area contributed by atoms with Crippen molar-refractivity contribution >= 4 is 0 Å². The van der Waals surface area contributed by atoms with Gasteiger partial charge in [-0.15, -0.1) is 5.43 Å². The molecule has 0 aromatic carbocycles. The topological polar surface area (TPSA) is 26.1 Å². The molecular weight excluding hydrogens is 112 g/mol. The largest absolute Gasteiger partial charge is 0.311 e. The second kappa shape index (κ2) is 1.88. The minimum atomic E-state index is 0.454. The summed E-state index contributed by atoms with van der Waals surface area (Å²) in [5.74, 6) is 0. The zero-order valence-electron chi connectivity index (χ0n) is 5.17. The Kier molecular flexibility index (Phi) is 1.06. The van der Waals surface area contributed by atoms with Crippen LogP contribution in [0, 0.1) is 0 Å². The molecule has 0 spiro atoms. The SMILES string of the molecule is C1=CCC2[N]NC=C2C1. The fourth-order valence-corrected chi connectivity index (χ4v) is 1.23. The quantitative estimate of drug-likeness (QED) is 0.469. The number of hydrogen-bond donors (Lipinski definition) is 1. The number of fused-ring (bicyclic) bond motifs is 1. The Morgan fingerprint density at radius 3 is 3.44 bits per heavy atom. The summed E-state index contributed by atoms with van der Waals surface area (Å²) < 4.78 is 0. The molecule has 1 unspecified atom stereocenters. The van der Waals surface area contributed by atoms with Crippen LogP contribution in [0.2, 0.25) is 0 Å². The highest BCUT2D eigenvalue weighted by molar-refractivity contribution is 5.22. The van der Waals surface area contributed by atoms with Crippen molar-refractivity contribution in [2.75, 3.05) is 0 Å². The summed E-state index contributed by atoms with van der Waals surface area (Å²) in [5, 5.41) is 0. The predicted octanol–water partition coefficient (Wildman–Crippen LogP) is 0.712. The zero-order chi connectivity index (χ0) is 6.10. The van der Waals surface area contributed by atoms with Crippen molar-refractivity contribution in [3.63, 3.8) is 0 Å². The molecule has 1 heterocycles. The average Bonchev–Trinajstić information content (AvgIpc) is 2.33. The molecule has 0 aromatic heterocycles. The van der Waals surface area contributed by atoms with Crippen LogP contribution >= 0.6 is 0 Å². The third-order valence-corrected chi connectivity index (χ3v) is 1.79. The fourth-order valence-electron chi connectivity index (χ4n) is 1.23. The molecule has 0 aromatic rings. The van der Waals surface area contributed by atoms with E-state index in [4.69, 9.17) is 0 Å². The van der Waals surface area contributed by atoms with E-state index in [0.717, 1.165) is 12.8 Å². The molecule has 0 bridgehead atoms. The first-order valence-corrected chi connectivity index (χ1v) is 3.26. The van der Waals surface area contributed by atoms with E-state index in [1.165, 1.54) is 5.57 Å².